The number of benzene rings is 1. The third-order valence-electron chi connectivity index (χ3n) is 3.43. The summed E-state index contributed by atoms with van der Waals surface area (Å²) in [6, 6.07) is 2.41. The van der Waals surface area contributed by atoms with Crippen molar-refractivity contribution in [1.82, 2.24) is 0 Å². The minimum absolute atomic E-state index is 0.0683. The molecular formula is C13H15ClN2O4. The molecule has 1 aliphatic carbocycles. The lowest BCUT2D eigenvalue weighted by Gasteiger charge is -2.11. The summed E-state index contributed by atoms with van der Waals surface area (Å²) in [5.41, 5.74) is -0.210. The van der Waals surface area contributed by atoms with Gasteiger partial charge in [0, 0.05) is 18.2 Å². The number of nitro benzene ring substituents is 1. The van der Waals surface area contributed by atoms with Gasteiger partial charge in [-0.05, 0) is 18.8 Å². The van der Waals surface area contributed by atoms with Crippen molar-refractivity contribution in [2.75, 3.05) is 5.32 Å². The average molecular weight is 299 g/mol. The number of non-ortho nitro benzene ring substituents is 1. The zero-order chi connectivity index (χ0) is 14.9. The van der Waals surface area contributed by atoms with Crippen LogP contribution in [-0.2, 0) is 0 Å². The van der Waals surface area contributed by atoms with Crippen molar-refractivity contribution in [1.29, 1.82) is 0 Å². The van der Waals surface area contributed by atoms with Crippen LogP contribution in [0.15, 0.2) is 12.1 Å². The maximum atomic E-state index is 11.2. The van der Waals surface area contributed by atoms with Crippen LogP contribution in [0.1, 0.15) is 36.5 Å². The topological polar surface area (TPSA) is 92.5 Å². The Morgan fingerprint density at radius 1 is 1.60 bits per heavy atom. The third kappa shape index (κ3) is 3.01. The molecule has 2 rings (SSSR count). The van der Waals surface area contributed by atoms with Crippen molar-refractivity contribution in [2.45, 2.75) is 32.2 Å². The Balaban J connectivity index is 2.28. The molecular weight excluding hydrogens is 284 g/mol. The van der Waals surface area contributed by atoms with Gasteiger partial charge in [0.05, 0.1) is 21.2 Å². The van der Waals surface area contributed by atoms with Crippen molar-refractivity contribution in [3.05, 3.63) is 32.8 Å². The molecule has 0 bridgehead atoms. The van der Waals surface area contributed by atoms with Gasteiger partial charge in [-0.1, -0.05) is 24.9 Å². The quantitative estimate of drug-likeness (QED) is 0.619. The first-order chi connectivity index (χ1) is 9.43. The van der Waals surface area contributed by atoms with Crippen molar-refractivity contribution >= 4 is 28.9 Å². The molecule has 2 unspecified atom stereocenters. The Bertz CT molecular complexity index is 562. The van der Waals surface area contributed by atoms with E-state index in [2.05, 4.69) is 12.2 Å². The number of nitrogens with one attached hydrogen (secondary N) is 1. The molecule has 2 atom stereocenters. The molecule has 20 heavy (non-hydrogen) atoms. The zero-order valence-electron chi connectivity index (χ0n) is 10.9. The molecule has 6 nitrogen and oxygen atoms in total. The van der Waals surface area contributed by atoms with Crippen molar-refractivity contribution in [3.63, 3.8) is 0 Å². The van der Waals surface area contributed by atoms with E-state index in [4.69, 9.17) is 11.6 Å². The van der Waals surface area contributed by atoms with E-state index in [0.29, 0.717) is 5.92 Å². The summed E-state index contributed by atoms with van der Waals surface area (Å²) in [7, 11) is 0. The number of halogens is 1. The highest BCUT2D eigenvalue weighted by molar-refractivity contribution is 6.34. The van der Waals surface area contributed by atoms with Gasteiger partial charge in [-0.15, -0.1) is 0 Å². The second kappa shape index (κ2) is 5.66. The molecule has 108 valence electrons. The van der Waals surface area contributed by atoms with Crippen molar-refractivity contribution in [3.8, 4) is 0 Å². The maximum Gasteiger partial charge on any atom is 0.338 e. The van der Waals surface area contributed by atoms with Gasteiger partial charge >= 0.3 is 5.97 Å². The fourth-order valence-electron chi connectivity index (χ4n) is 2.31. The molecule has 1 saturated carbocycles. The molecule has 1 aromatic carbocycles. The predicted octanol–water partition coefficient (Wildman–Crippen LogP) is 3.55. The molecule has 0 aliphatic heterocycles. The Labute approximate surface area is 120 Å². The largest absolute Gasteiger partial charge is 0.478 e. The van der Waals surface area contributed by atoms with Gasteiger partial charge in [-0.25, -0.2) is 4.79 Å². The summed E-state index contributed by atoms with van der Waals surface area (Å²) in [6.07, 6.45) is 3.12. The Hall–Kier alpha value is -1.82. The summed E-state index contributed by atoms with van der Waals surface area (Å²) < 4.78 is 0. The van der Waals surface area contributed by atoms with E-state index in [-0.39, 0.29) is 28.0 Å². The smallest absolute Gasteiger partial charge is 0.338 e. The van der Waals surface area contributed by atoms with E-state index in [1.807, 2.05) is 0 Å². The lowest BCUT2D eigenvalue weighted by atomic mass is 10.1. The lowest BCUT2D eigenvalue weighted by molar-refractivity contribution is -0.384. The van der Waals surface area contributed by atoms with Gasteiger partial charge in [0.2, 0.25) is 0 Å². The molecule has 2 N–H and O–H groups in total. The van der Waals surface area contributed by atoms with Crippen LogP contribution in [0.5, 0.6) is 0 Å². The average Bonchev–Trinajstić information content (AvgIpc) is 3.09. The number of carboxylic acid groups (broad SMARTS) is 1. The Morgan fingerprint density at radius 2 is 2.30 bits per heavy atom. The molecule has 0 heterocycles. The summed E-state index contributed by atoms with van der Waals surface area (Å²) in [6.45, 7) is 2.09. The van der Waals surface area contributed by atoms with E-state index in [1.54, 1.807) is 0 Å². The van der Waals surface area contributed by atoms with E-state index in [0.717, 1.165) is 25.3 Å². The number of nitro groups is 1. The summed E-state index contributed by atoms with van der Waals surface area (Å²) in [4.78, 5) is 21.3. The standard InChI is InChI=1S/C13H15ClN2O4/c1-2-3-7-4-11(7)15-12-9(13(17)18)5-8(16(19)20)6-10(12)14/h5-7,11,15H,2-4H2,1H3,(H,17,18). The van der Waals surface area contributed by atoms with Crippen LogP contribution in [0, 0.1) is 16.0 Å². The highest BCUT2D eigenvalue weighted by atomic mass is 35.5. The Kier molecular flexibility index (Phi) is 4.13. The normalized spacial score (nSPS) is 20.5. The maximum absolute atomic E-state index is 11.2. The van der Waals surface area contributed by atoms with Gasteiger partial charge in [0.15, 0.2) is 0 Å². The first kappa shape index (κ1) is 14.6. The van der Waals surface area contributed by atoms with Gasteiger partial charge in [-0.3, -0.25) is 10.1 Å². The second-order valence-electron chi connectivity index (χ2n) is 4.95. The number of nitrogens with zero attached hydrogens (tertiary/aromatic N) is 1. The number of anilines is 1. The van der Waals surface area contributed by atoms with Crippen LogP contribution in [0.25, 0.3) is 0 Å². The molecule has 0 amide bonds. The van der Waals surface area contributed by atoms with E-state index in [9.17, 15) is 20.0 Å². The third-order valence-corrected chi connectivity index (χ3v) is 3.73. The molecule has 1 fully saturated rings. The lowest BCUT2D eigenvalue weighted by Crippen LogP contribution is -2.11. The summed E-state index contributed by atoms with van der Waals surface area (Å²) >= 11 is 5.99. The summed E-state index contributed by atoms with van der Waals surface area (Å²) in [5.74, 6) is -0.710. The van der Waals surface area contributed by atoms with Crippen LogP contribution >= 0.6 is 11.6 Å². The fourth-order valence-corrected chi connectivity index (χ4v) is 2.58. The highest BCUT2D eigenvalue weighted by Crippen LogP contribution is 2.40. The fraction of sp³-hybridized carbons (Fsp3) is 0.462. The van der Waals surface area contributed by atoms with Gasteiger partial charge in [0.1, 0.15) is 0 Å². The van der Waals surface area contributed by atoms with Crippen LogP contribution in [0.2, 0.25) is 5.02 Å². The van der Waals surface area contributed by atoms with Gasteiger partial charge in [-0.2, -0.15) is 0 Å². The van der Waals surface area contributed by atoms with Gasteiger partial charge in [0.25, 0.3) is 5.69 Å². The SMILES string of the molecule is CCCC1CC1Nc1c(Cl)cc([N+](=O)[O-])cc1C(=O)O. The number of hydrogen-bond acceptors (Lipinski definition) is 4. The minimum Gasteiger partial charge on any atom is -0.478 e. The van der Waals surface area contributed by atoms with Crippen LogP contribution in [0.3, 0.4) is 0 Å². The molecule has 0 aromatic heterocycles. The van der Waals surface area contributed by atoms with Crippen molar-refractivity contribution in [2.24, 2.45) is 5.92 Å². The second-order valence-corrected chi connectivity index (χ2v) is 5.35. The number of aromatic carboxylic acids is 1. The number of carboxylic acids is 1. The first-order valence-electron chi connectivity index (χ1n) is 6.41. The molecule has 0 radical (unpaired) electrons. The van der Waals surface area contributed by atoms with E-state index < -0.39 is 10.9 Å². The number of carbonyl (C=O) groups is 1. The first-order valence-corrected chi connectivity index (χ1v) is 6.79. The van der Waals surface area contributed by atoms with Gasteiger partial charge < -0.3 is 10.4 Å². The van der Waals surface area contributed by atoms with E-state index in [1.165, 1.54) is 6.07 Å². The number of rotatable bonds is 6. The summed E-state index contributed by atoms with van der Waals surface area (Å²) in [5, 5.41) is 23.1. The molecule has 1 aromatic rings. The minimum atomic E-state index is -1.23. The Morgan fingerprint density at radius 3 is 2.85 bits per heavy atom. The molecule has 0 saturated heterocycles. The molecule has 1 aliphatic rings. The highest BCUT2D eigenvalue weighted by Gasteiger charge is 2.37. The molecule has 0 spiro atoms. The molecule has 7 heteroatoms. The van der Waals surface area contributed by atoms with Crippen LogP contribution < -0.4 is 5.32 Å². The zero-order valence-corrected chi connectivity index (χ0v) is 11.7. The van der Waals surface area contributed by atoms with Crippen LogP contribution in [-0.4, -0.2) is 22.0 Å². The number of hydrogen-bond donors (Lipinski definition) is 2. The predicted molar refractivity (Wildman–Crippen MR) is 75.5 cm³/mol. The van der Waals surface area contributed by atoms with E-state index >= 15 is 0 Å². The monoisotopic (exact) mass is 298 g/mol. The van der Waals surface area contributed by atoms with Crippen LogP contribution in [0.4, 0.5) is 11.4 Å². The van der Waals surface area contributed by atoms with Crippen molar-refractivity contribution < 1.29 is 14.8 Å².